The van der Waals surface area contributed by atoms with E-state index in [0.29, 0.717) is 11.3 Å². The molecular formula is C27H24FN3O2. The molecule has 1 aliphatic rings. The van der Waals surface area contributed by atoms with Gasteiger partial charge in [-0.1, -0.05) is 36.4 Å². The van der Waals surface area contributed by atoms with E-state index in [1.54, 1.807) is 11.8 Å². The molecule has 0 bridgehead atoms. The van der Waals surface area contributed by atoms with Gasteiger partial charge < -0.3 is 14.8 Å². The van der Waals surface area contributed by atoms with E-state index in [1.807, 2.05) is 50.4 Å². The maximum Gasteiger partial charge on any atom is 0.255 e. The number of anilines is 1. The van der Waals surface area contributed by atoms with Gasteiger partial charge in [0.05, 0.1) is 6.04 Å². The van der Waals surface area contributed by atoms with Gasteiger partial charge in [-0.25, -0.2) is 4.39 Å². The molecule has 6 heteroatoms. The van der Waals surface area contributed by atoms with Crippen LogP contribution in [0.1, 0.15) is 40.1 Å². The van der Waals surface area contributed by atoms with Gasteiger partial charge >= 0.3 is 0 Å². The summed E-state index contributed by atoms with van der Waals surface area (Å²) in [5.74, 6) is -0.881. The number of para-hydroxylation sites is 1. The summed E-state index contributed by atoms with van der Waals surface area (Å²) in [7, 11) is 2.01. The van der Waals surface area contributed by atoms with Gasteiger partial charge in [0.2, 0.25) is 5.91 Å². The van der Waals surface area contributed by atoms with Crippen molar-refractivity contribution >= 4 is 28.4 Å². The maximum atomic E-state index is 13.6. The standard InChI is InChI=1S/C27H24FN3O2/c1-16-24(22-10-6-7-11-23(22)30(16)3)25-20-8-4-5-9-21(20)27(33)31(25)17(2)26(32)29-19-14-12-18(28)13-15-19/h4-15,17,25H,1-3H3,(H,29,32). The zero-order valence-electron chi connectivity index (χ0n) is 18.7. The Balaban J connectivity index is 1.61. The third kappa shape index (κ3) is 3.30. The number of aromatic nitrogens is 1. The van der Waals surface area contributed by atoms with Gasteiger partial charge in [0.15, 0.2) is 0 Å². The molecular weight excluding hydrogens is 417 g/mol. The second-order valence-electron chi connectivity index (χ2n) is 8.45. The van der Waals surface area contributed by atoms with E-state index in [0.717, 1.165) is 27.7 Å². The molecule has 3 aromatic carbocycles. The first-order chi connectivity index (χ1) is 15.9. The number of halogens is 1. The number of amides is 2. The fraction of sp³-hybridized carbons (Fsp3) is 0.185. The van der Waals surface area contributed by atoms with E-state index in [1.165, 1.54) is 24.3 Å². The first-order valence-electron chi connectivity index (χ1n) is 10.9. The van der Waals surface area contributed by atoms with Crippen molar-refractivity contribution in [1.82, 2.24) is 9.47 Å². The summed E-state index contributed by atoms with van der Waals surface area (Å²) in [4.78, 5) is 28.4. The van der Waals surface area contributed by atoms with E-state index in [4.69, 9.17) is 0 Å². The van der Waals surface area contributed by atoms with Crippen molar-refractivity contribution in [2.75, 3.05) is 5.32 Å². The molecule has 2 atom stereocenters. The number of hydrogen-bond acceptors (Lipinski definition) is 2. The van der Waals surface area contributed by atoms with Gasteiger partial charge in [0.25, 0.3) is 5.91 Å². The van der Waals surface area contributed by atoms with E-state index in [-0.39, 0.29) is 17.6 Å². The molecule has 0 radical (unpaired) electrons. The zero-order valence-corrected chi connectivity index (χ0v) is 18.7. The molecule has 1 N–H and O–H groups in total. The second-order valence-corrected chi connectivity index (χ2v) is 8.45. The highest BCUT2D eigenvalue weighted by atomic mass is 19.1. The number of nitrogens with zero attached hydrogens (tertiary/aromatic N) is 2. The molecule has 33 heavy (non-hydrogen) atoms. The molecule has 0 aliphatic carbocycles. The number of carbonyl (C=O) groups excluding carboxylic acids is 2. The molecule has 2 amide bonds. The third-order valence-corrected chi connectivity index (χ3v) is 6.63. The van der Waals surface area contributed by atoms with Crippen molar-refractivity contribution in [3.05, 3.63) is 101 Å². The number of benzene rings is 3. The Bertz CT molecular complexity index is 1390. The quantitative estimate of drug-likeness (QED) is 0.473. The van der Waals surface area contributed by atoms with Crippen LogP contribution in [0.25, 0.3) is 10.9 Å². The van der Waals surface area contributed by atoms with Crippen molar-refractivity contribution in [1.29, 1.82) is 0 Å². The van der Waals surface area contributed by atoms with Crippen molar-refractivity contribution in [2.45, 2.75) is 25.9 Å². The second kappa shape index (κ2) is 7.89. The van der Waals surface area contributed by atoms with E-state index in [2.05, 4.69) is 22.0 Å². The lowest BCUT2D eigenvalue weighted by Gasteiger charge is -2.31. The molecule has 5 nitrogen and oxygen atoms in total. The minimum Gasteiger partial charge on any atom is -0.348 e. The summed E-state index contributed by atoms with van der Waals surface area (Å²) in [6, 6.07) is 20.1. The Morgan fingerprint density at radius 2 is 1.67 bits per heavy atom. The minimum atomic E-state index is -0.752. The van der Waals surface area contributed by atoms with Gasteiger partial charge in [-0.15, -0.1) is 0 Å². The lowest BCUT2D eigenvalue weighted by Crippen LogP contribution is -2.44. The Labute approximate surface area is 191 Å². The summed E-state index contributed by atoms with van der Waals surface area (Å²) < 4.78 is 15.4. The van der Waals surface area contributed by atoms with Crippen LogP contribution in [0.2, 0.25) is 0 Å². The van der Waals surface area contributed by atoms with Crippen LogP contribution in [0.15, 0.2) is 72.8 Å². The molecule has 0 saturated carbocycles. The largest absolute Gasteiger partial charge is 0.348 e. The predicted molar refractivity (Wildman–Crippen MR) is 127 cm³/mol. The van der Waals surface area contributed by atoms with Crippen molar-refractivity contribution in [3.63, 3.8) is 0 Å². The third-order valence-electron chi connectivity index (χ3n) is 6.63. The summed E-state index contributed by atoms with van der Waals surface area (Å²) in [6.45, 7) is 3.78. The fourth-order valence-corrected chi connectivity index (χ4v) is 4.83. The van der Waals surface area contributed by atoms with Crippen LogP contribution in [-0.4, -0.2) is 27.3 Å². The molecule has 0 spiro atoms. The predicted octanol–water partition coefficient (Wildman–Crippen LogP) is 5.20. The highest BCUT2D eigenvalue weighted by molar-refractivity contribution is 6.05. The van der Waals surface area contributed by atoms with Gasteiger partial charge in [-0.3, -0.25) is 9.59 Å². The van der Waals surface area contributed by atoms with Crippen LogP contribution < -0.4 is 5.32 Å². The van der Waals surface area contributed by atoms with Crippen molar-refractivity contribution < 1.29 is 14.0 Å². The van der Waals surface area contributed by atoms with E-state index in [9.17, 15) is 14.0 Å². The van der Waals surface area contributed by atoms with E-state index >= 15 is 0 Å². The van der Waals surface area contributed by atoms with Crippen LogP contribution in [-0.2, 0) is 11.8 Å². The molecule has 2 unspecified atom stereocenters. The molecule has 0 fully saturated rings. The molecule has 4 aromatic rings. The molecule has 0 saturated heterocycles. The Hall–Kier alpha value is -3.93. The molecule has 5 rings (SSSR count). The monoisotopic (exact) mass is 441 g/mol. The molecule has 166 valence electrons. The Morgan fingerprint density at radius 1 is 1.00 bits per heavy atom. The smallest absolute Gasteiger partial charge is 0.255 e. The van der Waals surface area contributed by atoms with Crippen LogP contribution in [0.5, 0.6) is 0 Å². The average molecular weight is 442 g/mol. The SMILES string of the molecule is Cc1c(C2c3ccccc3C(=O)N2C(C)C(=O)Nc2ccc(F)cc2)c2ccccc2n1C. The van der Waals surface area contributed by atoms with Gasteiger partial charge in [0, 0.05) is 40.5 Å². The molecule has 2 heterocycles. The molecule has 1 aliphatic heterocycles. The van der Waals surface area contributed by atoms with Crippen LogP contribution >= 0.6 is 0 Å². The van der Waals surface area contributed by atoms with Gasteiger partial charge in [0.1, 0.15) is 11.9 Å². The summed E-state index contributed by atoms with van der Waals surface area (Å²) in [5.41, 5.74) is 5.12. The summed E-state index contributed by atoms with van der Waals surface area (Å²) in [6.07, 6.45) is 0. The highest BCUT2D eigenvalue weighted by Gasteiger charge is 2.43. The van der Waals surface area contributed by atoms with Gasteiger partial charge in [-0.05, 0) is 55.8 Å². The first kappa shape index (κ1) is 20.9. The zero-order chi connectivity index (χ0) is 23.3. The van der Waals surface area contributed by atoms with Crippen LogP contribution in [0.3, 0.4) is 0 Å². The first-order valence-corrected chi connectivity index (χ1v) is 10.9. The number of aryl methyl sites for hydroxylation is 1. The Morgan fingerprint density at radius 3 is 2.42 bits per heavy atom. The highest BCUT2D eigenvalue weighted by Crippen LogP contribution is 2.44. The fourth-order valence-electron chi connectivity index (χ4n) is 4.83. The normalized spacial score (nSPS) is 16.2. The van der Waals surface area contributed by atoms with Crippen molar-refractivity contribution in [2.24, 2.45) is 7.05 Å². The lowest BCUT2D eigenvalue weighted by molar-refractivity contribution is -0.120. The number of hydrogen-bond donors (Lipinski definition) is 1. The number of nitrogens with one attached hydrogen (secondary N) is 1. The Kier molecular flexibility index (Phi) is 5.01. The number of carbonyl (C=O) groups is 2. The van der Waals surface area contributed by atoms with Crippen molar-refractivity contribution in [3.8, 4) is 0 Å². The maximum absolute atomic E-state index is 13.6. The van der Waals surface area contributed by atoms with Gasteiger partial charge in [-0.2, -0.15) is 0 Å². The van der Waals surface area contributed by atoms with Crippen LogP contribution in [0, 0.1) is 12.7 Å². The van der Waals surface area contributed by atoms with Crippen LogP contribution in [0.4, 0.5) is 10.1 Å². The number of fused-ring (bicyclic) bond motifs is 2. The summed E-state index contributed by atoms with van der Waals surface area (Å²) >= 11 is 0. The average Bonchev–Trinajstić information content (AvgIpc) is 3.25. The molecule has 1 aromatic heterocycles. The summed E-state index contributed by atoms with van der Waals surface area (Å²) in [5, 5.41) is 3.88. The lowest BCUT2D eigenvalue weighted by atomic mass is 9.95. The van der Waals surface area contributed by atoms with E-state index < -0.39 is 12.1 Å². The number of rotatable bonds is 4. The minimum absolute atomic E-state index is 0.176. The topological polar surface area (TPSA) is 54.3 Å².